The highest BCUT2D eigenvalue weighted by Gasteiger charge is 2.10. The van der Waals surface area contributed by atoms with Gasteiger partial charge in [0.1, 0.15) is 11.4 Å². The summed E-state index contributed by atoms with van der Waals surface area (Å²) >= 11 is 0. The van der Waals surface area contributed by atoms with Crippen LogP contribution < -0.4 is 10.1 Å². The number of H-pyrrole nitrogens is 1. The van der Waals surface area contributed by atoms with Gasteiger partial charge < -0.3 is 15.0 Å². The second-order valence-electron chi connectivity index (χ2n) is 5.59. The highest BCUT2D eigenvalue weighted by Crippen LogP contribution is 2.21. The third-order valence-corrected chi connectivity index (χ3v) is 3.90. The Morgan fingerprint density at radius 2 is 1.83 bits per heavy atom. The van der Waals surface area contributed by atoms with E-state index in [1.165, 1.54) is 6.92 Å². The van der Waals surface area contributed by atoms with Crippen LogP contribution >= 0.6 is 0 Å². The quantitative estimate of drug-likeness (QED) is 0.708. The van der Waals surface area contributed by atoms with Gasteiger partial charge in [0.25, 0.3) is 5.91 Å². The number of carbonyl (C=O) groups is 2. The monoisotopic (exact) mass is 322 g/mol. The van der Waals surface area contributed by atoms with Crippen molar-refractivity contribution in [2.75, 3.05) is 7.11 Å². The van der Waals surface area contributed by atoms with E-state index < -0.39 is 0 Å². The number of ketones is 1. The summed E-state index contributed by atoms with van der Waals surface area (Å²) in [4.78, 5) is 26.2. The van der Waals surface area contributed by atoms with E-state index in [1.807, 2.05) is 36.4 Å². The van der Waals surface area contributed by atoms with Gasteiger partial charge >= 0.3 is 0 Å². The van der Waals surface area contributed by atoms with Crippen LogP contribution in [0.4, 0.5) is 0 Å². The molecule has 1 aromatic heterocycles. The van der Waals surface area contributed by atoms with Gasteiger partial charge in [-0.25, -0.2) is 0 Å². The fraction of sp³-hybridized carbons (Fsp3) is 0.158. The number of nitrogens with one attached hydrogen (secondary N) is 2. The topological polar surface area (TPSA) is 71.2 Å². The van der Waals surface area contributed by atoms with Gasteiger partial charge in [0, 0.05) is 18.3 Å². The highest BCUT2D eigenvalue weighted by atomic mass is 16.5. The van der Waals surface area contributed by atoms with Gasteiger partial charge in [-0.2, -0.15) is 0 Å². The molecule has 1 heterocycles. The summed E-state index contributed by atoms with van der Waals surface area (Å²) in [7, 11) is 1.64. The average molecular weight is 322 g/mol. The second kappa shape index (κ2) is 6.58. The maximum absolute atomic E-state index is 12.1. The Morgan fingerprint density at radius 1 is 1.08 bits per heavy atom. The highest BCUT2D eigenvalue weighted by molar-refractivity contribution is 5.99. The summed E-state index contributed by atoms with van der Waals surface area (Å²) in [5.74, 6) is 0.504. The van der Waals surface area contributed by atoms with E-state index in [-0.39, 0.29) is 11.7 Å². The van der Waals surface area contributed by atoms with Crippen LogP contribution in [0.3, 0.4) is 0 Å². The predicted molar refractivity (Wildman–Crippen MR) is 92.5 cm³/mol. The molecule has 0 radical (unpaired) electrons. The maximum atomic E-state index is 12.1. The molecule has 0 unspecified atom stereocenters. The zero-order valence-electron chi connectivity index (χ0n) is 13.6. The number of fused-ring (bicyclic) bond motifs is 1. The number of carbonyl (C=O) groups excluding carboxylic acids is 2. The first kappa shape index (κ1) is 15.8. The van der Waals surface area contributed by atoms with Gasteiger partial charge in [-0.15, -0.1) is 0 Å². The number of aromatic nitrogens is 1. The van der Waals surface area contributed by atoms with Crippen LogP contribution in [0.2, 0.25) is 0 Å². The molecule has 24 heavy (non-hydrogen) atoms. The Morgan fingerprint density at radius 3 is 2.54 bits per heavy atom. The Bertz CT molecular complexity index is 912. The number of benzene rings is 2. The third-order valence-electron chi connectivity index (χ3n) is 3.90. The summed E-state index contributed by atoms with van der Waals surface area (Å²) in [6.45, 7) is 1.88. The maximum Gasteiger partial charge on any atom is 0.267 e. The number of hydrogen-bond donors (Lipinski definition) is 2. The molecule has 3 aromatic rings. The van der Waals surface area contributed by atoms with Crippen LogP contribution in [0.15, 0.2) is 48.7 Å². The van der Waals surface area contributed by atoms with Crippen LogP contribution in [-0.4, -0.2) is 23.8 Å². The van der Waals surface area contributed by atoms with Crippen molar-refractivity contribution in [3.8, 4) is 5.75 Å². The van der Waals surface area contributed by atoms with E-state index in [0.29, 0.717) is 17.8 Å². The predicted octanol–water partition coefficient (Wildman–Crippen LogP) is 3.31. The molecule has 2 N–H and O–H groups in total. The minimum Gasteiger partial charge on any atom is -0.497 e. The van der Waals surface area contributed by atoms with Gasteiger partial charge in [-0.1, -0.05) is 18.2 Å². The number of ether oxygens (including phenoxy) is 1. The molecule has 0 aliphatic rings. The number of Topliss-reactive ketones (excluding diaryl/α,β-unsaturated/α-hetero) is 1. The zero-order chi connectivity index (χ0) is 17.1. The van der Waals surface area contributed by atoms with Crippen molar-refractivity contribution in [2.24, 2.45) is 0 Å². The zero-order valence-corrected chi connectivity index (χ0v) is 13.6. The van der Waals surface area contributed by atoms with Crippen LogP contribution in [0.25, 0.3) is 10.8 Å². The molecule has 0 saturated heterocycles. The molecule has 0 aliphatic carbocycles. The Hall–Kier alpha value is -3.08. The van der Waals surface area contributed by atoms with Crippen molar-refractivity contribution in [2.45, 2.75) is 13.5 Å². The first-order valence-corrected chi connectivity index (χ1v) is 7.61. The average Bonchev–Trinajstić information content (AvgIpc) is 3.09. The van der Waals surface area contributed by atoms with E-state index in [2.05, 4.69) is 10.3 Å². The number of aromatic amines is 1. The van der Waals surface area contributed by atoms with Gasteiger partial charge in [0.2, 0.25) is 0 Å². The lowest BCUT2D eigenvalue weighted by Crippen LogP contribution is -2.23. The van der Waals surface area contributed by atoms with Crippen LogP contribution in [-0.2, 0) is 6.54 Å². The number of methoxy groups -OCH3 is 1. The molecule has 2 aromatic carbocycles. The summed E-state index contributed by atoms with van der Waals surface area (Å²) in [6, 6.07) is 13.4. The molecule has 5 heteroatoms. The number of rotatable bonds is 5. The van der Waals surface area contributed by atoms with Crippen LogP contribution in [0.1, 0.15) is 33.3 Å². The van der Waals surface area contributed by atoms with E-state index in [0.717, 1.165) is 22.1 Å². The Balaban J connectivity index is 1.70. The van der Waals surface area contributed by atoms with Gasteiger partial charge in [0.05, 0.1) is 7.11 Å². The minimum absolute atomic E-state index is 0.0738. The van der Waals surface area contributed by atoms with Gasteiger partial charge in [-0.3, -0.25) is 9.59 Å². The molecular weight excluding hydrogens is 304 g/mol. The van der Waals surface area contributed by atoms with Crippen molar-refractivity contribution >= 4 is 22.5 Å². The van der Waals surface area contributed by atoms with Crippen LogP contribution in [0.5, 0.6) is 5.75 Å². The molecule has 5 nitrogen and oxygen atoms in total. The van der Waals surface area contributed by atoms with Crippen molar-refractivity contribution < 1.29 is 14.3 Å². The summed E-state index contributed by atoms with van der Waals surface area (Å²) in [5.41, 5.74) is 1.88. The molecule has 0 fully saturated rings. The van der Waals surface area contributed by atoms with Crippen molar-refractivity contribution in [3.63, 3.8) is 0 Å². The van der Waals surface area contributed by atoms with E-state index in [1.54, 1.807) is 19.4 Å². The second-order valence-corrected chi connectivity index (χ2v) is 5.59. The lowest BCUT2D eigenvalue weighted by atomic mass is 10.1. The fourth-order valence-electron chi connectivity index (χ4n) is 2.52. The molecule has 0 aliphatic heterocycles. The first-order valence-electron chi connectivity index (χ1n) is 7.61. The summed E-state index contributed by atoms with van der Waals surface area (Å²) in [5, 5.41) is 5.02. The van der Waals surface area contributed by atoms with Crippen molar-refractivity contribution in [1.82, 2.24) is 10.3 Å². The smallest absolute Gasteiger partial charge is 0.267 e. The largest absolute Gasteiger partial charge is 0.497 e. The molecule has 122 valence electrons. The number of amides is 1. The molecule has 1 amide bonds. The molecule has 0 bridgehead atoms. The molecule has 0 saturated carbocycles. The van der Waals surface area contributed by atoms with Crippen LogP contribution in [0, 0.1) is 0 Å². The first-order chi connectivity index (χ1) is 11.6. The molecule has 3 rings (SSSR count). The Labute approximate surface area is 139 Å². The number of hydrogen-bond acceptors (Lipinski definition) is 3. The molecular formula is C19H18N2O3. The fourth-order valence-corrected chi connectivity index (χ4v) is 2.52. The molecule has 0 atom stereocenters. The van der Waals surface area contributed by atoms with Crippen molar-refractivity contribution in [1.29, 1.82) is 0 Å². The molecule has 0 spiro atoms. The van der Waals surface area contributed by atoms with Gasteiger partial charge in [0.15, 0.2) is 5.78 Å². The third kappa shape index (κ3) is 3.30. The summed E-state index contributed by atoms with van der Waals surface area (Å²) in [6.07, 6.45) is 1.54. The van der Waals surface area contributed by atoms with Crippen molar-refractivity contribution in [3.05, 3.63) is 65.5 Å². The lowest BCUT2D eigenvalue weighted by molar-refractivity contribution is 0.0946. The van der Waals surface area contributed by atoms with E-state index in [9.17, 15) is 9.59 Å². The SMILES string of the molecule is COc1ccc2cc(CNC(=O)c3cc(C(C)=O)c[nH]3)ccc2c1. The lowest BCUT2D eigenvalue weighted by Gasteiger charge is -2.07. The van der Waals surface area contributed by atoms with E-state index >= 15 is 0 Å². The van der Waals surface area contributed by atoms with E-state index in [4.69, 9.17) is 4.74 Å². The minimum atomic E-state index is -0.239. The standard InChI is InChI=1S/C19H18N2O3/c1-12(22)16-9-18(20-11-16)19(23)21-10-13-3-4-15-8-17(24-2)6-5-14(15)7-13/h3-9,11,20H,10H2,1-2H3,(H,21,23). The normalized spacial score (nSPS) is 10.6. The Kier molecular flexibility index (Phi) is 4.33. The summed E-state index contributed by atoms with van der Waals surface area (Å²) < 4.78 is 5.21. The van der Waals surface area contributed by atoms with Gasteiger partial charge in [-0.05, 0) is 47.5 Å².